The fourth-order valence-electron chi connectivity index (χ4n) is 4.80. The fourth-order valence-corrected chi connectivity index (χ4v) is 5.97. The number of ether oxygens (including phenoxy) is 1. The lowest BCUT2D eigenvalue weighted by Crippen LogP contribution is -2.40. The summed E-state index contributed by atoms with van der Waals surface area (Å²) >= 11 is 0. The number of rotatable bonds is 6. The van der Waals surface area contributed by atoms with Crippen molar-refractivity contribution < 1.29 is 27.3 Å². The molecule has 0 aliphatic carbocycles. The number of benzene rings is 1. The van der Waals surface area contributed by atoms with E-state index >= 15 is 0 Å². The number of amides is 2. The summed E-state index contributed by atoms with van der Waals surface area (Å²) in [4.78, 5) is 30.8. The van der Waals surface area contributed by atoms with Crippen molar-refractivity contribution in [3.8, 4) is 0 Å². The SMILES string of the molecule is CN(CC(=O)N1CCC(c2nc(C3CCOCC3)no2)C1)S(=O)(=O)c1ccc2c(c1)CCC(=O)N2. The maximum Gasteiger partial charge on any atom is 0.243 e. The van der Waals surface area contributed by atoms with Gasteiger partial charge < -0.3 is 19.5 Å². The van der Waals surface area contributed by atoms with Gasteiger partial charge in [0, 0.05) is 51.4 Å². The summed E-state index contributed by atoms with van der Waals surface area (Å²) in [7, 11) is -2.46. The van der Waals surface area contributed by atoms with Gasteiger partial charge in [0.15, 0.2) is 5.82 Å². The molecular formula is C23H29N5O6S. The predicted molar refractivity (Wildman–Crippen MR) is 124 cm³/mol. The molecule has 12 heteroatoms. The van der Waals surface area contributed by atoms with Crippen LogP contribution in [0.5, 0.6) is 0 Å². The van der Waals surface area contributed by atoms with Crippen molar-refractivity contribution in [1.29, 1.82) is 0 Å². The topological polar surface area (TPSA) is 135 Å². The predicted octanol–water partition coefficient (Wildman–Crippen LogP) is 1.48. The smallest absolute Gasteiger partial charge is 0.243 e. The van der Waals surface area contributed by atoms with Gasteiger partial charge in [-0.1, -0.05) is 5.16 Å². The van der Waals surface area contributed by atoms with E-state index in [1.807, 2.05) is 0 Å². The molecule has 2 fully saturated rings. The van der Waals surface area contributed by atoms with Crippen LogP contribution in [0.15, 0.2) is 27.6 Å². The van der Waals surface area contributed by atoms with Crippen molar-refractivity contribution in [2.24, 2.45) is 0 Å². The van der Waals surface area contributed by atoms with Crippen LogP contribution in [0.3, 0.4) is 0 Å². The van der Waals surface area contributed by atoms with E-state index in [0.717, 1.165) is 22.7 Å². The second-order valence-corrected chi connectivity index (χ2v) is 11.4. The lowest BCUT2D eigenvalue weighted by atomic mass is 10.00. The van der Waals surface area contributed by atoms with E-state index in [1.165, 1.54) is 13.1 Å². The minimum Gasteiger partial charge on any atom is -0.381 e. The van der Waals surface area contributed by atoms with Crippen LogP contribution in [0.2, 0.25) is 0 Å². The molecule has 1 aromatic heterocycles. The Morgan fingerprint density at radius 2 is 2.00 bits per heavy atom. The minimum absolute atomic E-state index is 0.0576. The summed E-state index contributed by atoms with van der Waals surface area (Å²) in [5.41, 5.74) is 1.40. The van der Waals surface area contributed by atoms with Gasteiger partial charge in [-0.3, -0.25) is 9.59 Å². The number of aromatic nitrogens is 2. The highest BCUT2D eigenvalue weighted by Crippen LogP contribution is 2.30. The summed E-state index contributed by atoms with van der Waals surface area (Å²) in [6.07, 6.45) is 3.22. The first-order chi connectivity index (χ1) is 16.8. The molecule has 4 heterocycles. The van der Waals surface area contributed by atoms with Crippen molar-refractivity contribution in [3.63, 3.8) is 0 Å². The van der Waals surface area contributed by atoms with Crippen LogP contribution in [0.25, 0.3) is 0 Å². The van der Waals surface area contributed by atoms with Crippen LogP contribution in [-0.2, 0) is 30.8 Å². The van der Waals surface area contributed by atoms with E-state index in [4.69, 9.17) is 9.26 Å². The van der Waals surface area contributed by atoms with E-state index in [-0.39, 0.29) is 35.1 Å². The maximum atomic E-state index is 13.1. The Kier molecular flexibility index (Phi) is 6.60. The Morgan fingerprint density at radius 3 is 2.80 bits per heavy atom. The molecule has 5 rings (SSSR count). The molecule has 35 heavy (non-hydrogen) atoms. The van der Waals surface area contributed by atoms with Crippen LogP contribution < -0.4 is 5.32 Å². The number of fused-ring (bicyclic) bond motifs is 1. The Hall–Kier alpha value is -2.83. The molecule has 1 N–H and O–H groups in total. The van der Waals surface area contributed by atoms with Crippen molar-refractivity contribution in [1.82, 2.24) is 19.3 Å². The Balaban J connectivity index is 1.20. The maximum absolute atomic E-state index is 13.1. The number of nitrogens with zero attached hydrogens (tertiary/aromatic N) is 4. The van der Waals surface area contributed by atoms with Gasteiger partial charge in [0.1, 0.15) is 0 Å². The number of carbonyl (C=O) groups excluding carboxylic acids is 2. The van der Waals surface area contributed by atoms with Gasteiger partial charge in [-0.15, -0.1) is 0 Å². The molecule has 1 unspecified atom stereocenters. The van der Waals surface area contributed by atoms with Crippen molar-refractivity contribution in [3.05, 3.63) is 35.5 Å². The fraction of sp³-hybridized carbons (Fsp3) is 0.565. The molecule has 0 spiro atoms. The summed E-state index contributed by atoms with van der Waals surface area (Å²) in [6.45, 7) is 2.04. The molecule has 2 saturated heterocycles. The number of aryl methyl sites for hydroxylation is 1. The van der Waals surface area contributed by atoms with Gasteiger partial charge in [0.25, 0.3) is 0 Å². The van der Waals surface area contributed by atoms with E-state index in [0.29, 0.717) is 63.0 Å². The molecule has 0 radical (unpaired) electrons. The van der Waals surface area contributed by atoms with E-state index in [1.54, 1.807) is 17.0 Å². The summed E-state index contributed by atoms with van der Waals surface area (Å²) in [6, 6.07) is 4.62. The third-order valence-corrected chi connectivity index (χ3v) is 8.77. The Bertz CT molecular complexity index is 1220. The van der Waals surface area contributed by atoms with Gasteiger partial charge >= 0.3 is 0 Å². The van der Waals surface area contributed by atoms with Crippen LogP contribution in [0.1, 0.15) is 54.8 Å². The van der Waals surface area contributed by atoms with Gasteiger partial charge in [0.2, 0.25) is 27.7 Å². The van der Waals surface area contributed by atoms with Crippen molar-refractivity contribution in [2.45, 2.75) is 48.8 Å². The van der Waals surface area contributed by atoms with Crippen molar-refractivity contribution >= 4 is 27.5 Å². The Labute approximate surface area is 203 Å². The highest BCUT2D eigenvalue weighted by atomic mass is 32.2. The standard InChI is InChI=1S/C23H29N5O6S/c1-27(35(31,32)18-3-4-19-16(12-18)2-5-20(29)24-19)14-21(30)28-9-6-17(13-28)23-25-22(26-34-23)15-7-10-33-11-8-15/h3-4,12,15,17H,2,5-11,13-14H2,1H3,(H,24,29). The number of anilines is 1. The molecule has 188 valence electrons. The van der Waals surface area contributed by atoms with Gasteiger partial charge in [-0.25, -0.2) is 8.42 Å². The zero-order chi connectivity index (χ0) is 24.6. The number of sulfonamides is 1. The number of carbonyl (C=O) groups is 2. The summed E-state index contributed by atoms with van der Waals surface area (Å²) in [5.74, 6) is 1.05. The third-order valence-electron chi connectivity index (χ3n) is 6.97. The normalized spacial score (nSPS) is 21.3. The zero-order valence-corrected chi connectivity index (χ0v) is 20.4. The first-order valence-electron chi connectivity index (χ1n) is 11.9. The molecule has 0 saturated carbocycles. The molecule has 0 bridgehead atoms. The number of hydrogen-bond donors (Lipinski definition) is 1. The van der Waals surface area contributed by atoms with Gasteiger partial charge in [-0.2, -0.15) is 9.29 Å². The number of hydrogen-bond acceptors (Lipinski definition) is 8. The highest BCUT2D eigenvalue weighted by molar-refractivity contribution is 7.89. The largest absolute Gasteiger partial charge is 0.381 e. The minimum atomic E-state index is -3.86. The quantitative estimate of drug-likeness (QED) is 0.626. The van der Waals surface area contributed by atoms with Gasteiger partial charge in [-0.05, 0) is 49.4 Å². The number of nitrogens with one attached hydrogen (secondary N) is 1. The molecule has 3 aliphatic heterocycles. The first kappa shape index (κ1) is 23.9. The van der Waals surface area contributed by atoms with E-state index in [2.05, 4.69) is 15.5 Å². The first-order valence-corrected chi connectivity index (χ1v) is 13.3. The molecule has 3 aliphatic rings. The van der Waals surface area contributed by atoms with Crippen LogP contribution in [0.4, 0.5) is 5.69 Å². The second kappa shape index (κ2) is 9.67. The molecule has 11 nitrogen and oxygen atoms in total. The summed E-state index contributed by atoms with van der Waals surface area (Å²) < 4.78 is 38.2. The summed E-state index contributed by atoms with van der Waals surface area (Å²) in [5, 5.41) is 6.89. The molecule has 2 aromatic rings. The lowest BCUT2D eigenvalue weighted by molar-refractivity contribution is -0.130. The van der Waals surface area contributed by atoms with E-state index < -0.39 is 10.0 Å². The number of likely N-dealkylation sites (N-methyl/N-ethyl adjacent to an activating group) is 1. The molecular weight excluding hydrogens is 474 g/mol. The Morgan fingerprint density at radius 1 is 1.20 bits per heavy atom. The zero-order valence-electron chi connectivity index (χ0n) is 19.6. The lowest BCUT2D eigenvalue weighted by Gasteiger charge is -2.22. The molecule has 1 aromatic carbocycles. The van der Waals surface area contributed by atoms with Crippen LogP contribution >= 0.6 is 0 Å². The number of likely N-dealkylation sites (tertiary alicyclic amines) is 1. The van der Waals surface area contributed by atoms with E-state index in [9.17, 15) is 18.0 Å². The molecule has 1 atom stereocenters. The monoisotopic (exact) mass is 503 g/mol. The third kappa shape index (κ3) is 4.95. The van der Waals surface area contributed by atoms with Crippen LogP contribution in [-0.4, -0.2) is 79.5 Å². The van der Waals surface area contributed by atoms with Crippen molar-refractivity contribution in [2.75, 3.05) is 45.2 Å². The van der Waals surface area contributed by atoms with Crippen LogP contribution in [0, 0.1) is 0 Å². The van der Waals surface area contributed by atoms with Gasteiger partial charge in [0.05, 0.1) is 17.4 Å². The average Bonchev–Trinajstić information content (AvgIpc) is 3.54. The average molecular weight is 504 g/mol. The second-order valence-electron chi connectivity index (χ2n) is 9.33. The molecule has 2 amide bonds. The highest BCUT2D eigenvalue weighted by Gasteiger charge is 2.34.